The predicted octanol–water partition coefficient (Wildman–Crippen LogP) is 5.81. The zero-order valence-electron chi connectivity index (χ0n) is 10.4. The van der Waals surface area contributed by atoms with Crippen molar-refractivity contribution in [2.75, 3.05) is 0 Å². The largest absolute Gasteiger partial charge is 0.417 e. The fourth-order valence-corrected chi connectivity index (χ4v) is 2.00. The summed E-state index contributed by atoms with van der Waals surface area (Å²) in [4.78, 5) is 0. The molecule has 0 aromatic heterocycles. The van der Waals surface area contributed by atoms with E-state index in [0.717, 1.165) is 18.9 Å². The number of benzene rings is 1. The number of hydrogen-bond acceptors (Lipinski definition) is 0. The lowest BCUT2D eigenvalue weighted by atomic mass is 10.0. The predicted molar refractivity (Wildman–Crippen MR) is 69.6 cm³/mol. The molecule has 0 heterocycles. The fraction of sp³-hybridized carbons (Fsp3) is 0.429. The first-order valence-corrected chi connectivity index (χ1v) is 6.28. The first kappa shape index (κ1) is 15.1. The second kappa shape index (κ2) is 6.28. The number of alkyl halides is 3. The van der Waals surface area contributed by atoms with E-state index in [1.165, 1.54) is 18.2 Å². The highest BCUT2D eigenvalue weighted by Gasteiger charge is 2.33. The van der Waals surface area contributed by atoms with E-state index < -0.39 is 11.7 Å². The van der Waals surface area contributed by atoms with Crippen molar-refractivity contribution in [1.29, 1.82) is 0 Å². The Hall–Kier alpha value is -0.960. The Kier molecular flexibility index (Phi) is 5.27. The maximum atomic E-state index is 12.8. The summed E-state index contributed by atoms with van der Waals surface area (Å²) in [6.45, 7) is 4.02. The molecule has 0 aliphatic rings. The summed E-state index contributed by atoms with van der Waals surface area (Å²) in [5.74, 6) is 0.243. The van der Waals surface area contributed by atoms with Crippen LogP contribution in [0.5, 0.6) is 0 Å². The Morgan fingerprint density at radius 1 is 1.33 bits per heavy atom. The van der Waals surface area contributed by atoms with Crippen LogP contribution in [0.3, 0.4) is 0 Å². The first-order valence-electron chi connectivity index (χ1n) is 5.90. The number of halogens is 4. The Labute approximate surface area is 110 Å². The molecule has 18 heavy (non-hydrogen) atoms. The molecule has 0 spiro atoms. The maximum absolute atomic E-state index is 12.8. The summed E-state index contributed by atoms with van der Waals surface area (Å²) in [6.07, 6.45) is 0.826. The molecule has 0 saturated carbocycles. The fourth-order valence-electron chi connectivity index (χ4n) is 1.77. The third-order valence-electron chi connectivity index (χ3n) is 2.69. The summed E-state index contributed by atoms with van der Waals surface area (Å²) in [6, 6.07) is 3.84. The normalized spacial score (nSPS) is 14.1. The van der Waals surface area contributed by atoms with Gasteiger partial charge in [0.05, 0.1) is 5.56 Å². The minimum absolute atomic E-state index is 0.0506. The van der Waals surface area contributed by atoms with Gasteiger partial charge in [-0.2, -0.15) is 13.2 Å². The van der Waals surface area contributed by atoms with Crippen LogP contribution in [0.2, 0.25) is 5.02 Å². The zero-order chi connectivity index (χ0) is 13.8. The lowest BCUT2D eigenvalue weighted by Crippen LogP contribution is -2.07. The zero-order valence-corrected chi connectivity index (χ0v) is 11.1. The molecule has 0 aliphatic heterocycles. The molecule has 1 aromatic rings. The van der Waals surface area contributed by atoms with E-state index in [1.807, 2.05) is 13.8 Å². The topological polar surface area (TPSA) is 0 Å². The van der Waals surface area contributed by atoms with Crippen molar-refractivity contribution < 1.29 is 13.2 Å². The van der Waals surface area contributed by atoms with Gasteiger partial charge in [0.1, 0.15) is 0 Å². The van der Waals surface area contributed by atoms with Gasteiger partial charge in [0, 0.05) is 10.6 Å². The lowest BCUT2D eigenvalue weighted by molar-refractivity contribution is -0.137. The minimum Gasteiger partial charge on any atom is -0.166 e. The quantitative estimate of drug-likeness (QED) is 0.651. The van der Waals surface area contributed by atoms with Crippen LogP contribution >= 0.6 is 11.6 Å². The third-order valence-corrected chi connectivity index (χ3v) is 3.02. The van der Waals surface area contributed by atoms with Crippen molar-refractivity contribution in [2.45, 2.75) is 32.9 Å². The Balaban J connectivity index is 3.08. The summed E-state index contributed by atoms with van der Waals surface area (Å²) < 4.78 is 38.4. The van der Waals surface area contributed by atoms with Crippen molar-refractivity contribution in [3.8, 4) is 0 Å². The molecule has 1 aromatic carbocycles. The SMILES string of the molecule is CCCC(C)/C=C/c1c(Cl)cccc1C(F)(F)F. The molecule has 0 amide bonds. The third kappa shape index (κ3) is 4.05. The molecular formula is C14H16ClF3. The standard InChI is InChI=1S/C14H16ClF3/c1-3-5-10(2)8-9-11-12(14(16,17)18)6-4-7-13(11)15/h4,6-10H,3,5H2,1-2H3/b9-8+. The van der Waals surface area contributed by atoms with Crippen molar-refractivity contribution in [1.82, 2.24) is 0 Å². The van der Waals surface area contributed by atoms with Gasteiger partial charge in [-0.3, -0.25) is 0 Å². The highest BCUT2D eigenvalue weighted by molar-refractivity contribution is 6.32. The van der Waals surface area contributed by atoms with Crippen molar-refractivity contribution >= 4 is 17.7 Å². The highest BCUT2D eigenvalue weighted by Crippen LogP contribution is 2.35. The van der Waals surface area contributed by atoms with Crippen LogP contribution in [0.25, 0.3) is 6.08 Å². The van der Waals surface area contributed by atoms with Crippen LogP contribution in [0.4, 0.5) is 13.2 Å². The van der Waals surface area contributed by atoms with E-state index in [4.69, 9.17) is 11.6 Å². The van der Waals surface area contributed by atoms with E-state index in [0.29, 0.717) is 0 Å². The van der Waals surface area contributed by atoms with E-state index in [1.54, 1.807) is 6.08 Å². The molecule has 0 bridgehead atoms. The smallest absolute Gasteiger partial charge is 0.166 e. The van der Waals surface area contributed by atoms with Crippen LogP contribution in [0.1, 0.15) is 37.8 Å². The summed E-state index contributed by atoms with van der Waals surface area (Å²) in [5.41, 5.74) is -0.635. The summed E-state index contributed by atoms with van der Waals surface area (Å²) >= 11 is 5.84. The van der Waals surface area contributed by atoms with Gasteiger partial charge in [-0.15, -0.1) is 0 Å². The monoisotopic (exact) mass is 276 g/mol. The summed E-state index contributed by atoms with van der Waals surface area (Å²) in [5, 5.41) is 0.129. The first-order chi connectivity index (χ1) is 8.36. The average molecular weight is 277 g/mol. The average Bonchev–Trinajstić information content (AvgIpc) is 2.26. The molecule has 0 nitrogen and oxygen atoms in total. The maximum Gasteiger partial charge on any atom is 0.417 e. The van der Waals surface area contributed by atoms with Crippen LogP contribution in [-0.2, 0) is 6.18 Å². The second-order valence-corrected chi connectivity index (χ2v) is 4.73. The molecule has 1 unspecified atom stereocenters. The van der Waals surface area contributed by atoms with Crippen LogP contribution in [0, 0.1) is 5.92 Å². The molecular weight excluding hydrogens is 261 g/mol. The van der Waals surface area contributed by atoms with Gasteiger partial charge < -0.3 is 0 Å². The Morgan fingerprint density at radius 3 is 2.56 bits per heavy atom. The van der Waals surface area contributed by atoms with Crippen molar-refractivity contribution in [3.05, 3.63) is 40.4 Å². The molecule has 0 saturated heterocycles. The lowest BCUT2D eigenvalue weighted by Gasteiger charge is -2.12. The molecule has 0 fully saturated rings. The molecule has 1 rings (SSSR count). The van der Waals surface area contributed by atoms with Gasteiger partial charge >= 0.3 is 6.18 Å². The van der Waals surface area contributed by atoms with Gasteiger partial charge in [-0.25, -0.2) is 0 Å². The number of allylic oxidation sites excluding steroid dienone is 1. The van der Waals surface area contributed by atoms with Gasteiger partial charge in [-0.1, -0.05) is 50.1 Å². The second-order valence-electron chi connectivity index (χ2n) is 4.32. The Bertz CT molecular complexity index is 422. The number of rotatable bonds is 4. The van der Waals surface area contributed by atoms with E-state index >= 15 is 0 Å². The van der Waals surface area contributed by atoms with Gasteiger partial charge in [0.2, 0.25) is 0 Å². The highest BCUT2D eigenvalue weighted by atomic mass is 35.5. The number of hydrogen-bond donors (Lipinski definition) is 0. The van der Waals surface area contributed by atoms with Gasteiger partial charge in [-0.05, 0) is 24.5 Å². The molecule has 4 heteroatoms. The van der Waals surface area contributed by atoms with Gasteiger partial charge in [0.25, 0.3) is 0 Å². The van der Waals surface area contributed by atoms with Gasteiger partial charge in [0.15, 0.2) is 0 Å². The molecule has 0 aliphatic carbocycles. The van der Waals surface area contributed by atoms with Crippen LogP contribution in [0.15, 0.2) is 24.3 Å². The molecule has 100 valence electrons. The van der Waals surface area contributed by atoms with Crippen molar-refractivity contribution in [3.63, 3.8) is 0 Å². The van der Waals surface area contributed by atoms with Crippen molar-refractivity contribution in [2.24, 2.45) is 5.92 Å². The molecule has 0 radical (unpaired) electrons. The molecule has 1 atom stereocenters. The Morgan fingerprint density at radius 2 is 2.00 bits per heavy atom. The minimum atomic E-state index is -4.38. The van der Waals surface area contributed by atoms with E-state index in [-0.39, 0.29) is 16.5 Å². The van der Waals surface area contributed by atoms with Crippen LogP contribution in [-0.4, -0.2) is 0 Å². The van der Waals surface area contributed by atoms with E-state index in [2.05, 4.69) is 0 Å². The van der Waals surface area contributed by atoms with Crippen LogP contribution < -0.4 is 0 Å². The van der Waals surface area contributed by atoms with E-state index in [9.17, 15) is 13.2 Å². The summed E-state index contributed by atoms with van der Waals surface area (Å²) in [7, 11) is 0. The molecule has 0 N–H and O–H groups in total.